The number of carbonyl (C=O) groups is 1. The molecule has 1 aromatic carbocycles. The Morgan fingerprint density at radius 2 is 2.08 bits per heavy atom. The first-order valence-electron chi connectivity index (χ1n) is 9.03. The van der Waals surface area contributed by atoms with Gasteiger partial charge in [-0.25, -0.2) is 9.97 Å². The molecule has 1 fully saturated rings. The standard InChI is InChI=1S/C20H20N4O2/c25-19(20(7-8-20)13-23-11-9-21-14-23)24-10-6-17-16(12-24)22-18(26-17)15-4-2-1-3-5-15/h1-5,9,11,14H,6-8,10,12-13H2. The number of imidazole rings is 1. The molecule has 1 aliphatic heterocycles. The third kappa shape index (κ3) is 2.62. The predicted octanol–water partition coefficient (Wildman–Crippen LogP) is 2.90. The van der Waals surface area contributed by atoms with Gasteiger partial charge in [-0.2, -0.15) is 0 Å². The van der Waals surface area contributed by atoms with E-state index in [-0.39, 0.29) is 11.3 Å². The third-order valence-electron chi connectivity index (χ3n) is 5.39. The fourth-order valence-electron chi connectivity index (χ4n) is 3.73. The number of hydrogen-bond acceptors (Lipinski definition) is 4. The molecule has 3 heterocycles. The number of aromatic nitrogens is 3. The first kappa shape index (κ1) is 15.4. The van der Waals surface area contributed by atoms with Gasteiger partial charge in [0.05, 0.1) is 18.3 Å². The number of benzene rings is 1. The van der Waals surface area contributed by atoms with Crippen LogP contribution in [0.5, 0.6) is 0 Å². The Bertz CT molecular complexity index is 926. The van der Waals surface area contributed by atoms with Gasteiger partial charge in [0.15, 0.2) is 0 Å². The maximum absolute atomic E-state index is 13.1. The average molecular weight is 348 g/mol. The molecule has 132 valence electrons. The Hall–Kier alpha value is -2.89. The van der Waals surface area contributed by atoms with E-state index >= 15 is 0 Å². The Labute approximate surface area is 151 Å². The largest absolute Gasteiger partial charge is 0.441 e. The maximum atomic E-state index is 13.1. The molecule has 1 saturated carbocycles. The third-order valence-corrected chi connectivity index (χ3v) is 5.39. The minimum atomic E-state index is -0.260. The molecule has 0 unspecified atom stereocenters. The van der Waals surface area contributed by atoms with Gasteiger partial charge in [-0.05, 0) is 25.0 Å². The molecule has 6 nitrogen and oxygen atoms in total. The first-order chi connectivity index (χ1) is 12.7. The summed E-state index contributed by atoms with van der Waals surface area (Å²) in [6, 6.07) is 9.90. The van der Waals surface area contributed by atoms with E-state index in [9.17, 15) is 4.79 Å². The molecule has 5 rings (SSSR count). The van der Waals surface area contributed by atoms with E-state index in [1.807, 2.05) is 46.0 Å². The maximum Gasteiger partial charge on any atom is 0.230 e. The Balaban J connectivity index is 1.34. The van der Waals surface area contributed by atoms with Crippen molar-refractivity contribution in [2.75, 3.05) is 6.54 Å². The lowest BCUT2D eigenvalue weighted by molar-refractivity contribution is -0.138. The summed E-state index contributed by atoms with van der Waals surface area (Å²) in [5.41, 5.74) is 1.60. The highest BCUT2D eigenvalue weighted by Gasteiger charge is 2.52. The number of carbonyl (C=O) groups excluding carboxylic acids is 1. The van der Waals surface area contributed by atoms with E-state index in [1.165, 1.54) is 0 Å². The fourth-order valence-corrected chi connectivity index (χ4v) is 3.73. The molecule has 0 saturated heterocycles. The number of fused-ring (bicyclic) bond motifs is 1. The molecular weight excluding hydrogens is 328 g/mol. The molecule has 6 heteroatoms. The van der Waals surface area contributed by atoms with Crippen LogP contribution in [0.1, 0.15) is 24.3 Å². The van der Waals surface area contributed by atoms with Crippen LogP contribution in [-0.2, 0) is 24.3 Å². The van der Waals surface area contributed by atoms with Gasteiger partial charge in [-0.1, -0.05) is 18.2 Å². The van der Waals surface area contributed by atoms with Gasteiger partial charge in [-0.3, -0.25) is 4.79 Å². The Morgan fingerprint density at radius 1 is 1.23 bits per heavy atom. The normalized spacial score (nSPS) is 17.8. The van der Waals surface area contributed by atoms with Crippen LogP contribution < -0.4 is 0 Å². The van der Waals surface area contributed by atoms with Crippen molar-refractivity contribution >= 4 is 5.91 Å². The van der Waals surface area contributed by atoms with E-state index in [2.05, 4.69) is 9.97 Å². The van der Waals surface area contributed by atoms with Crippen LogP contribution in [0.2, 0.25) is 0 Å². The molecule has 0 spiro atoms. The minimum Gasteiger partial charge on any atom is -0.441 e. The van der Waals surface area contributed by atoms with Crippen molar-refractivity contribution in [2.24, 2.45) is 5.41 Å². The molecule has 26 heavy (non-hydrogen) atoms. The van der Waals surface area contributed by atoms with Crippen molar-refractivity contribution in [2.45, 2.75) is 32.4 Å². The van der Waals surface area contributed by atoms with Crippen LogP contribution in [0.25, 0.3) is 11.5 Å². The number of hydrogen-bond donors (Lipinski definition) is 0. The van der Waals surface area contributed by atoms with E-state index in [0.717, 1.165) is 36.3 Å². The summed E-state index contributed by atoms with van der Waals surface area (Å²) in [5, 5.41) is 0. The number of nitrogens with zero attached hydrogens (tertiary/aromatic N) is 4. The highest BCUT2D eigenvalue weighted by Crippen LogP contribution is 2.49. The Morgan fingerprint density at radius 3 is 2.81 bits per heavy atom. The molecule has 0 bridgehead atoms. The second-order valence-electron chi connectivity index (χ2n) is 7.25. The lowest BCUT2D eigenvalue weighted by atomic mass is 10.0. The van der Waals surface area contributed by atoms with E-state index in [0.29, 0.717) is 25.5 Å². The van der Waals surface area contributed by atoms with Crippen molar-refractivity contribution in [1.82, 2.24) is 19.4 Å². The van der Waals surface area contributed by atoms with Gasteiger partial charge in [0.25, 0.3) is 0 Å². The second kappa shape index (κ2) is 5.83. The van der Waals surface area contributed by atoms with Crippen LogP contribution in [-0.4, -0.2) is 31.9 Å². The lowest BCUT2D eigenvalue weighted by Crippen LogP contribution is -2.41. The summed E-state index contributed by atoms with van der Waals surface area (Å²) >= 11 is 0. The van der Waals surface area contributed by atoms with Crippen molar-refractivity contribution < 1.29 is 9.21 Å². The summed E-state index contributed by atoms with van der Waals surface area (Å²) in [5.74, 6) is 1.79. The number of oxazole rings is 1. The monoisotopic (exact) mass is 348 g/mol. The van der Waals surface area contributed by atoms with Gasteiger partial charge >= 0.3 is 0 Å². The summed E-state index contributed by atoms with van der Waals surface area (Å²) in [6.07, 6.45) is 8.08. The lowest BCUT2D eigenvalue weighted by Gasteiger charge is -2.29. The van der Waals surface area contributed by atoms with Gasteiger partial charge in [0.2, 0.25) is 11.8 Å². The highest BCUT2D eigenvalue weighted by atomic mass is 16.4. The quantitative estimate of drug-likeness (QED) is 0.727. The minimum absolute atomic E-state index is 0.237. The SMILES string of the molecule is O=C(N1CCc2oc(-c3ccccc3)nc2C1)C1(Cn2ccnc2)CC1. The summed E-state index contributed by atoms with van der Waals surface area (Å²) in [6.45, 7) is 1.94. The molecule has 1 amide bonds. The zero-order valence-corrected chi connectivity index (χ0v) is 14.5. The zero-order chi connectivity index (χ0) is 17.6. The predicted molar refractivity (Wildman–Crippen MR) is 95.0 cm³/mol. The summed E-state index contributed by atoms with van der Waals surface area (Å²) < 4.78 is 7.95. The van der Waals surface area contributed by atoms with Crippen LogP contribution >= 0.6 is 0 Å². The molecule has 0 N–H and O–H groups in total. The van der Waals surface area contributed by atoms with Crippen molar-refractivity contribution in [3.8, 4) is 11.5 Å². The van der Waals surface area contributed by atoms with Gasteiger partial charge < -0.3 is 13.9 Å². The molecule has 3 aromatic rings. The van der Waals surface area contributed by atoms with Crippen LogP contribution in [0.15, 0.2) is 53.5 Å². The van der Waals surface area contributed by atoms with Gasteiger partial charge in [0, 0.05) is 37.5 Å². The van der Waals surface area contributed by atoms with Crippen LogP contribution in [0.3, 0.4) is 0 Å². The molecule has 2 aliphatic rings. The Kier molecular flexibility index (Phi) is 3.45. The summed E-state index contributed by atoms with van der Waals surface area (Å²) in [4.78, 5) is 23.8. The van der Waals surface area contributed by atoms with E-state index < -0.39 is 0 Å². The van der Waals surface area contributed by atoms with Crippen molar-refractivity contribution in [3.05, 3.63) is 60.5 Å². The van der Waals surface area contributed by atoms with Gasteiger partial charge in [0.1, 0.15) is 11.5 Å². The van der Waals surface area contributed by atoms with Gasteiger partial charge in [-0.15, -0.1) is 0 Å². The fraction of sp³-hybridized carbons (Fsp3) is 0.350. The number of amides is 1. The van der Waals surface area contributed by atoms with Crippen molar-refractivity contribution in [3.63, 3.8) is 0 Å². The molecule has 2 aromatic heterocycles. The van der Waals surface area contributed by atoms with E-state index in [1.54, 1.807) is 12.5 Å². The topological polar surface area (TPSA) is 64.2 Å². The smallest absolute Gasteiger partial charge is 0.230 e. The average Bonchev–Trinajstić information content (AvgIpc) is 3.08. The molecule has 1 aliphatic carbocycles. The molecule has 0 atom stereocenters. The summed E-state index contributed by atoms with van der Waals surface area (Å²) in [7, 11) is 0. The second-order valence-corrected chi connectivity index (χ2v) is 7.25. The van der Waals surface area contributed by atoms with E-state index in [4.69, 9.17) is 4.42 Å². The van der Waals surface area contributed by atoms with Crippen LogP contribution in [0.4, 0.5) is 0 Å². The van der Waals surface area contributed by atoms with Crippen molar-refractivity contribution in [1.29, 1.82) is 0 Å². The zero-order valence-electron chi connectivity index (χ0n) is 14.5. The molecular formula is C20H20N4O2. The first-order valence-corrected chi connectivity index (χ1v) is 9.03. The molecule has 0 radical (unpaired) electrons. The highest BCUT2D eigenvalue weighted by molar-refractivity contribution is 5.85. The van der Waals surface area contributed by atoms with Crippen LogP contribution in [0, 0.1) is 5.41 Å². The number of rotatable bonds is 4.